The van der Waals surface area contributed by atoms with Crippen LogP contribution in [-0.4, -0.2) is 53.5 Å². The minimum Gasteiger partial charge on any atom is -0.339 e. The standard InChI is InChI=1S/C20H24N6O/c21-16-17-5-7-18(8-6-17)24-19(27)4-1-11-25-12-3-13-26(15-14-25)20-22-9-2-10-23-20/h2,5-10H,1,3-4,11-15H2,(H,24,27). The number of anilines is 2. The van der Waals surface area contributed by atoms with Gasteiger partial charge in [0, 0.05) is 44.1 Å². The van der Waals surface area contributed by atoms with Crippen LogP contribution in [0.2, 0.25) is 0 Å². The van der Waals surface area contributed by atoms with Crippen molar-refractivity contribution in [2.45, 2.75) is 19.3 Å². The fraction of sp³-hybridized carbons (Fsp3) is 0.400. The summed E-state index contributed by atoms with van der Waals surface area (Å²) in [6, 6.07) is 10.8. The highest BCUT2D eigenvalue weighted by molar-refractivity contribution is 5.90. The number of nitrogens with zero attached hydrogens (tertiary/aromatic N) is 5. The van der Waals surface area contributed by atoms with Crippen molar-refractivity contribution in [3.8, 4) is 6.07 Å². The van der Waals surface area contributed by atoms with Gasteiger partial charge in [-0.3, -0.25) is 4.79 Å². The van der Waals surface area contributed by atoms with E-state index in [4.69, 9.17) is 5.26 Å². The van der Waals surface area contributed by atoms with Gasteiger partial charge in [0.05, 0.1) is 11.6 Å². The third kappa shape index (κ3) is 5.76. The zero-order valence-corrected chi connectivity index (χ0v) is 15.3. The Kier molecular flexibility index (Phi) is 6.72. The Balaban J connectivity index is 1.38. The van der Waals surface area contributed by atoms with E-state index in [1.165, 1.54) is 0 Å². The molecule has 2 aromatic rings. The van der Waals surface area contributed by atoms with Crippen LogP contribution in [0.5, 0.6) is 0 Å². The number of amides is 1. The van der Waals surface area contributed by atoms with E-state index < -0.39 is 0 Å². The third-order valence-electron chi connectivity index (χ3n) is 4.60. The van der Waals surface area contributed by atoms with Gasteiger partial charge in [-0.05, 0) is 56.3 Å². The van der Waals surface area contributed by atoms with Gasteiger partial charge in [0.2, 0.25) is 11.9 Å². The fourth-order valence-corrected chi connectivity index (χ4v) is 3.16. The molecule has 1 aromatic carbocycles. The van der Waals surface area contributed by atoms with Gasteiger partial charge in [-0.1, -0.05) is 0 Å². The van der Waals surface area contributed by atoms with Gasteiger partial charge in [0.1, 0.15) is 0 Å². The molecule has 0 aliphatic carbocycles. The molecule has 1 saturated heterocycles. The quantitative estimate of drug-likeness (QED) is 0.846. The second kappa shape index (κ2) is 9.64. The largest absolute Gasteiger partial charge is 0.339 e. The van der Waals surface area contributed by atoms with E-state index in [1.807, 2.05) is 6.07 Å². The number of hydrogen-bond donors (Lipinski definition) is 1. The van der Waals surface area contributed by atoms with E-state index in [2.05, 4.69) is 31.2 Å². The molecule has 0 saturated carbocycles. The summed E-state index contributed by atoms with van der Waals surface area (Å²) in [6.07, 6.45) is 5.93. The number of nitriles is 1. The van der Waals surface area contributed by atoms with Crippen molar-refractivity contribution in [2.75, 3.05) is 42.9 Å². The smallest absolute Gasteiger partial charge is 0.225 e. The lowest BCUT2D eigenvalue weighted by Crippen LogP contribution is -2.32. The van der Waals surface area contributed by atoms with Crippen LogP contribution in [0.4, 0.5) is 11.6 Å². The maximum Gasteiger partial charge on any atom is 0.225 e. The number of benzene rings is 1. The Hall–Kier alpha value is -2.98. The molecular weight excluding hydrogens is 340 g/mol. The molecule has 3 rings (SSSR count). The highest BCUT2D eigenvalue weighted by atomic mass is 16.1. The maximum atomic E-state index is 12.1. The minimum absolute atomic E-state index is 0.00819. The number of carbonyl (C=O) groups is 1. The van der Waals surface area contributed by atoms with Crippen molar-refractivity contribution in [2.24, 2.45) is 0 Å². The number of nitrogens with one attached hydrogen (secondary N) is 1. The van der Waals surface area contributed by atoms with Gasteiger partial charge < -0.3 is 15.1 Å². The van der Waals surface area contributed by atoms with Crippen LogP contribution < -0.4 is 10.2 Å². The molecule has 1 fully saturated rings. The molecule has 7 nitrogen and oxygen atoms in total. The first-order chi connectivity index (χ1) is 13.2. The first-order valence-corrected chi connectivity index (χ1v) is 9.29. The van der Waals surface area contributed by atoms with Crippen molar-refractivity contribution in [3.63, 3.8) is 0 Å². The zero-order chi connectivity index (χ0) is 18.9. The fourth-order valence-electron chi connectivity index (χ4n) is 3.16. The SMILES string of the molecule is N#Cc1ccc(NC(=O)CCCN2CCCN(c3ncccn3)CC2)cc1. The van der Waals surface area contributed by atoms with Crippen molar-refractivity contribution < 1.29 is 4.79 Å². The first kappa shape index (κ1) is 18.8. The molecule has 0 unspecified atom stereocenters. The van der Waals surface area contributed by atoms with Gasteiger partial charge in [-0.15, -0.1) is 0 Å². The normalized spacial score (nSPS) is 15.0. The summed E-state index contributed by atoms with van der Waals surface area (Å²) >= 11 is 0. The first-order valence-electron chi connectivity index (χ1n) is 9.29. The lowest BCUT2D eigenvalue weighted by molar-refractivity contribution is -0.116. The molecule has 1 aliphatic rings. The summed E-state index contributed by atoms with van der Waals surface area (Å²) in [6.45, 7) is 4.75. The molecule has 7 heteroatoms. The Morgan fingerprint density at radius 3 is 2.63 bits per heavy atom. The van der Waals surface area contributed by atoms with Crippen LogP contribution in [0, 0.1) is 11.3 Å². The number of hydrogen-bond acceptors (Lipinski definition) is 6. The summed E-state index contributed by atoms with van der Waals surface area (Å²) in [5, 5.41) is 11.7. The molecule has 0 radical (unpaired) electrons. The topological polar surface area (TPSA) is 85.2 Å². The third-order valence-corrected chi connectivity index (χ3v) is 4.60. The molecule has 1 aliphatic heterocycles. The van der Waals surface area contributed by atoms with E-state index in [-0.39, 0.29) is 5.91 Å². The lowest BCUT2D eigenvalue weighted by atomic mass is 10.2. The molecular formula is C20H24N6O. The minimum atomic E-state index is 0.00819. The molecule has 1 amide bonds. The Morgan fingerprint density at radius 1 is 1.11 bits per heavy atom. The lowest BCUT2D eigenvalue weighted by Gasteiger charge is -2.21. The van der Waals surface area contributed by atoms with E-state index in [0.29, 0.717) is 12.0 Å². The van der Waals surface area contributed by atoms with Gasteiger partial charge in [0.25, 0.3) is 0 Å². The molecule has 0 atom stereocenters. The highest BCUT2D eigenvalue weighted by Crippen LogP contribution is 2.12. The summed E-state index contributed by atoms with van der Waals surface area (Å²) in [5.74, 6) is 0.801. The Bertz CT molecular complexity index is 771. The van der Waals surface area contributed by atoms with Gasteiger partial charge in [-0.2, -0.15) is 5.26 Å². The average Bonchev–Trinajstić information content (AvgIpc) is 2.95. The second-order valence-corrected chi connectivity index (χ2v) is 6.57. The molecule has 27 heavy (non-hydrogen) atoms. The van der Waals surface area contributed by atoms with Gasteiger partial charge in [0.15, 0.2) is 0 Å². The van der Waals surface area contributed by atoms with Crippen molar-refractivity contribution in [1.82, 2.24) is 14.9 Å². The second-order valence-electron chi connectivity index (χ2n) is 6.57. The van der Waals surface area contributed by atoms with Crippen LogP contribution in [0.3, 0.4) is 0 Å². The number of aromatic nitrogens is 2. The van der Waals surface area contributed by atoms with Crippen LogP contribution >= 0.6 is 0 Å². The van der Waals surface area contributed by atoms with Gasteiger partial charge in [-0.25, -0.2) is 9.97 Å². The van der Waals surface area contributed by atoms with Crippen molar-refractivity contribution in [1.29, 1.82) is 5.26 Å². The predicted octanol–water partition coefficient (Wildman–Crippen LogP) is 2.28. The van der Waals surface area contributed by atoms with E-state index in [9.17, 15) is 4.79 Å². The summed E-state index contributed by atoms with van der Waals surface area (Å²) in [5.41, 5.74) is 1.32. The molecule has 140 valence electrons. The van der Waals surface area contributed by atoms with Crippen LogP contribution in [0.15, 0.2) is 42.7 Å². The monoisotopic (exact) mass is 364 g/mol. The summed E-state index contributed by atoms with van der Waals surface area (Å²) in [7, 11) is 0. The molecule has 1 aromatic heterocycles. The van der Waals surface area contributed by atoms with Crippen molar-refractivity contribution in [3.05, 3.63) is 48.3 Å². The van der Waals surface area contributed by atoms with Gasteiger partial charge >= 0.3 is 0 Å². The molecule has 0 bridgehead atoms. The predicted molar refractivity (Wildman–Crippen MR) is 104 cm³/mol. The number of carbonyl (C=O) groups excluding carboxylic acids is 1. The van der Waals surface area contributed by atoms with Crippen molar-refractivity contribution >= 4 is 17.5 Å². The maximum absolute atomic E-state index is 12.1. The summed E-state index contributed by atoms with van der Waals surface area (Å²) in [4.78, 5) is 25.4. The van der Waals surface area contributed by atoms with E-state index in [1.54, 1.807) is 36.7 Å². The highest BCUT2D eigenvalue weighted by Gasteiger charge is 2.16. The average molecular weight is 364 g/mol. The van der Waals surface area contributed by atoms with Crippen LogP contribution in [-0.2, 0) is 4.79 Å². The van der Waals surface area contributed by atoms with Crippen LogP contribution in [0.1, 0.15) is 24.8 Å². The Morgan fingerprint density at radius 2 is 1.89 bits per heavy atom. The van der Waals surface area contributed by atoms with E-state index >= 15 is 0 Å². The Labute approximate surface area is 159 Å². The van der Waals surface area contributed by atoms with Crippen LogP contribution in [0.25, 0.3) is 0 Å². The molecule has 2 heterocycles. The molecule has 1 N–H and O–H groups in total. The summed E-state index contributed by atoms with van der Waals surface area (Å²) < 4.78 is 0. The zero-order valence-electron chi connectivity index (χ0n) is 15.3. The van der Waals surface area contributed by atoms with E-state index in [0.717, 1.165) is 57.2 Å². The number of rotatable bonds is 6. The molecule has 0 spiro atoms.